The van der Waals surface area contributed by atoms with Gasteiger partial charge in [0.15, 0.2) is 5.82 Å². The van der Waals surface area contributed by atoms with Gasteiger partial charge in [0.05, 0.1) is 10.0 Å². The Hall–Kier alpha value is -0.710. The number of aromatic nitrogens is 1. The average Bonchev–Trinajstić information content (AvgIpc) is 2.26. The summed E-state index contributed by atoms with van der Waals surface area (Å²) < 4.78 is 0. The van der Waals surface area contributed by atoms with E-state index in [-0.39, 0.29) is 0 Å². The molecule has 0 saturated heterocycles. The topological polar surface area (TPSA) is 54.2 Å². The van der Waals surface area contributed by atoms with Gasteiger partial charge in [0, 0.05) is 13.1 Å². The first-order chi connectivity index (χ1) is 7.99. The Labute approximate surface area is 112 Å². The largest absolute Gasteiger partial charge is 0.355 e. The molecule has 0 bridgehead atoms. The summed E-state index contributed by atoms with van der Waals surface area (Å²) in [6.07, 6.45) is 0. The molecule has 1 aromatic heterocycles. The summed E-state index contributed by atoms with van der Waals surface area (Å²) in [6, 6.07) is 1.66. The molecule has 0 aliphatic carbocycles. The van der Waals surface area contributed by atoms with Gasteiger partial charge in [-0.15, -0.1) is 0 Å². The highest BCUT2D eigenvalue weighted by molar-refractivity contribution is 6.37. The van der Waals surface area contributed by atoms with Crippen LogP contribution in [0.3, 0.4) is 0 Å². The van der Waals surface area contributed by atoms with Crippen LogP contribution in [0.5, 0.6) is 0 Å². The van der Waals surface area contributed by atoms with E-state index >= 15 is 0 Å². The second kappa shape index (κ2) is 6.28. The van der Waals surface area contributed by atoms with Gasteiger partial charge < -0.3 is 10.3 Å². The van der Waals surface area contributed by atoms with E-state index in [0.717, 1.165) is 13.1 Å². The Morgan fingerprint density at radius 3 is 2.53 bits per heavy atom. The summed E-state index contributed by atoms with van der Waals surface area (Å²) in [5.41, 5.74) is 2.47. The number of hydrogen-bond donors (Lipinski definition) is 2. The van der Waals surface area contributed by atoms with Crippen molar-refractivity contribution in [2.75, 3.05) is 23.4 Å². The zero-order valence-corrected chi connectivity index (χ0v) is 11.8. The van der Waals surface area contributed by atoms with Crippen LogP contribution in [0.15, 0.2) is 6.07 Å². The molecule has 3 N–H and O–H groups in total. The van der Waals surface area contributed by atoms with Gasteiger partial charge in [0.2, 0.25) is 0 Å². The highest BCUT2D eigenvalue weighted by Gasteiger charge is 2.15. The van der Waals surface area contributed by atoms with Gasteiger partial charge in [-0.05, 0) is 18.9 Å². The fraction of sp³-hybridized carbons (Fsp3) is 0.545. The van der Waals surface area contributed by atoms with Crippen LogP contribution < -0.4 is 16.2 Å². The van der Waals surface area contributed by atoms with Gasteiger partial charge in [-0.3, -0.25) is 0 Å². The lowest BCUT2D eigenvalue weighted by Crippen LogP contribution is -2.28. The van der Waals surface area contributed by atoms with Gasteiger partial charge in [-0.1, -0.05) is 37.0 Å². The van der Waals surface area contributed by atoms with E-state index in [0.29, 0.717) is 27.6 Å². The molecule has 6 heteroatoms. The number of nitrogen functional groups attached to an aromatic ring is 1. The minimum atomic E-state index is 0.418. The van der Waals surface area contributed by atoms with Crippen molar-refractivity contribution in [3.05, 3.63) is 16.1 Å². The minimum Gasteiger partial charge on any atom is -0.355 e. The Morgan fingerprint density at radius 2 is 2.06 bits per heavy atom. The zero-order valence-electron chi connectivity index (χ0n) is 10.3. The average molecular weight is 277 g/mol. The van der Waals surface area contributed by atoms with Gasteiger partial charge >= 0.3 is 0 Å². The molecule has 1 aromatic rings. The highest BCUT2D eigenvalue weighted by Crippen LogP contribution is 2.31. The van der Waals surface area contributed by atoms with Gasteiger partial charge in [-0.2, -0.15) is 0 Å². The molecule has 0 atom stereocenters. The van der Waals surface area contributed by atoms with Crippen LogP contribution in [0.4, 0.5) is 11.6 Å². The van der Waals surface area contributed by atoms with Crippen molar-refractivity contribution in [3.63, 3.8) is 0 Å². The molecule has 0 aliphatic heterocycles. The van der Waals surface area contributed by atoms with E-state index in [1.54, 1.807) is 6.07 Å². The lowest BCUT2D eigenvalue weighted by molar-refractivity contribution is 0.615. The van der Waals surface area contributed by atoms with Crippen LogP contribution in [-0.2, 0) is 0 Å². The van der Waals surface area contributed by atoms with Crippen molar-refractivity contribution in [1.29, 1.82) is 0 Å². The first kappa shape index (κ1) is 14.4. The number of nitrogens with two attached hydrogens (primary N) is 1. The normalized spacial score (nSPS) is 10.8. The monoisotopic (exact) mass is 276 g/mol. The number of hydrazine groups is 1. The third kappa shape index (κ3) is 3.63. The maximum Gasteiger partial charge on any atom is 0.161 e. The molecular weight excluding hydrogens is 259 g/mol. The summed E-state index contributed by atoms with van der Waals surface area (Å²) >= 11 is 12.1. The molecule has 0 saturated carbocycles. The van der Waals surface area contributed by atoms with Crippen molar-refractivity contribution in [2.24, 2.45) is 11.8 Å². The van der Waals surface area contributed by atoms with Crippen LogP contribution >= 0.6 is 23.2 Å². The fourth-order valence-electron chi connectivity index (χ4n) is 1.59. The van der Waals surface area contributed by atoms with Crippen LogP contribution in [0, 0.1) is 5.92 Å². The van der Waals surface area contributed by atoms with Crippen LogP contribution in [-0.4, -0.2) is 18.1 Å². The van der Waals surface area contributed by atoms with E-state index in [1.807, 2.05) is 0 Å². The Kier molecular flexibility index (Phi) is 5.31. The maximum absolute atomic E-state index is 6.16. The number of hydrogen-bond acceptors (Lipinski definition) is 4. The molecule has 0 amide bonds. The molecule has 1 rings (SSSR count). The maximum atomic E-state index is 6.16. The van der Waals surface area contributed by atoms with Crippen molar-refractivity contribution < 1.29 is 0 Å². The summed E-state index contributed by atoms with van der Waals surface area (Å²) in [7, 11) is 0. The van der Waals surface area contributed by atoms with E-state index in [2.05, 4.69) is 36.1 Å². The lowest BCUT2D eigenvalue weighted by Gasteiger charge is -2.25. The van der Waals surface area contributed by atoms with Crippen LogP contribution in [0.1, 0.15) is 20.8 Å². The minimum absolute atomic E-state index is 0.418. The molecule has 0 radical (unpaired) electrons. The molecule has 0 spiro atoms. The fourth-order valence-corrected chi connectivity index (χ4v) is 2.12. The second-order valence-electron chi connectivity index (χ2n) is 4.20. The molecule has 96 valence electrons. The predicted octanol–water partition coefficient (Wildman–Crippen LogP) is 3.16. The molecule has 4 nitrogen and oxygen atoms in total. The summed E-state index contributed by atoms with van der Waals surface area (Å²) in [5.74, 6) is 7.03. The molecule has 17 heavy (non-hydrogen) atoms. The smallest absolute Gasteiger partial charge is 0.161 e. The number of rotatable bonds is 5. The number of nitrogens with one attached hydrogen (secondary N) is 1. The molecular formula is C11H18Cl2N4. The molecule has 0 fully saturated rings. The third-order valence-corrected chi connectivity index (χ3v) is 2.88. The van der Waals surface area contributed by atoms with E-state index < -0.39 is 0 Å². The summed E-state index contributed by atoms with van der Waals surface area (Å²) in [6.45, 7) is 8.07. The van der Waals surface area contributed by atoms with Crippen LogP contribution in [0.25, 0.3) is 0 Å². The van der Waals surface area contributed by atoms with Gasteiger partial charge in [0.1, 0.15) is 5.82 Å². The number of pyridine rings is 1. The van der Waals surface area contributed by atoms with Gasteiger partial charge in [-0.25, -0.2) is 10.8 Å². The quantitative estimate of drug-likeness (QED) is 0.641. The Bertz CT molecular complexity index is 382. The van der Waals surface area contributed by atoms with Gasteiger partial charge in [0.25, 0.3) is 0 Å². The number of anilines is 2. The Balaban J connectivity index is 3.10. The third-order valence-electron chi connectivity index (χ3n) is 2.31. The zero-order chi connectivity index (χ0) is 13.0. The first-order valence-corrected chi connectivity index (χ1v) is 6.32. The summed E-state index contributed by atoms with van der Waals surface area (Å²) in [5, 5.41) is 0.957. The first-order valence-electron chi connectivity index (χ1n) is 5.57. The van der Waals surface area contributed by atoms with Crippen molar-refractivity contribution in [1.82, 2.24) is 4.98 Å². The van der Waals surface area contributed by atoms with Crippen LogP contribution in [0.2, 0.25) is 10.0 Å². The van der Waals surface area contributed by atoms with Crippen molar-refractivity contribution in [2.45, 2.75) is 20.8 Å². The molecule has 0 aromatic carbocycles. The Morgan fingerprint density at radius 1 is 1.41 bits per heavy atom. The lowest BCUT2D eigenvalue weighted by atomic mass is 10.2. The van der Waals surface area contributed by atoms with Crippen molar-refractivity contribution >= 4 is 34.8 Å². The summed E-state index contributed by atoms with van der Waals surface area (Å²) in [4.78, 5) is 6.44. The van der Waals surface area contributed by atoms with E-state index in [9.17, 15) is 0 Å². The second-order valence-corrected chi connectivity index (χ2v) is 5.02. The van der Waals surface area contributed by atoms with E-state index in [4.69, 9.17) is 29.0 Å². The molecule has 0 unspecified atom stereocenters. The molecule has 0 aliphatic rings. The predicted molar refractivity (Wildman–Crippen MR) is 74.8 cm³/mol. The highest BCUT2D eigenvalue weighted by atomic mass is 35.5. The number of halogens is 2. The number of nitrogens with zero attached hydrogens (tertiary/aromatic N) is 2. The standard InChI is InChI=1S/C11H18Cl2N4/c1-4-17(6-7(2)3)11-9(13)5-8(12)10(15-11)16-14/h5,7H,4,6,14H2,1-3H3,(H,15,16). The SMILES string of the molecule is CCN(CC(C)C)c1nc(NN)c(Cl)cc1Cl. The molecule has 1 heterocycles. The van der Waals surface area contributed by atoms with E-state index in [1.165, 1.54) is 0 Å². The van der Waals surface area contributed by atoms with Crippen molar-refractivity contribution in [3.8, 4) is 0 Å².